The minimum Gasteiger partial charge on any atom is -0.337 e. The normalized spacial score (nSPS) is 14.9. The molecule has 1 amide bonds. The Labute approximate surface area is 118 Å². The largest absolute Gasteiger partial charge is 0.337 e. The molecule has 1 aromatic rings. The summed E-state index contributed by atoms with van der Waals surface area (Å²) < 4.78 is 0. The molecule has 2 rings (SSSR count). The van der Waals surface area contributed by atoms with Crippen LogP contribution in [0.25, 0.3) is 0 Å². The van der Waals surface area contributed by atoms with E-state index >= 15 is 0 Å². The average Bonchev–Trinajstić information content (AvgIpc) is 3.07. The molecule has 0 aromatic heterocycles. The maximum Gasteiger partial charge on any atom is 0.227 e. The van der Waals surface area contributed by atoms with Crippen molar-refractivity contribution in [2.75, 3.05) is 0 Å². The molecule has 1 fully saturated rings. The second kappa shape index (κ2) is 5.50. The van der Waals surface area contributed by atoms with Crippen LogP contribution in [0.4, 0.5) is 0 Å². The van der Waals surface area contributed by atoms with Crippen LogP contribution in [0.3, 0.4) is 0 Å². The zero-order valence-electron chi connectivity index (χ0n) is 10.6. The highest BCUT2D eigenvalue weighted by Crippen LogP contribution is 2.29. The van der Waals surface area contributed by atoms with Crippen LogP contribution in [0, 0.1) is 0 Å². The van der Waals surface area contributed by atoms with Gasteiger partial charge in [0.15, 0.2) is 0 Å². The third-order valence-electron chi connectivity index (χ3n) is 3.12. The van der Waals surface area contributed by atoms with Crippen molar-refractivity contribution in [1.29, 1.82) is 0 Å². The molecule has 0 saturated heterocycles. The first-order chi connectivity index (χ1) is 8.49. The highest BCUT2D eigenvalue weighted by atomic mass is 35.5. The predicted octanol–water partition coefficient (Wildman–Crippen LogP) is 3.94. The van der Waals surface area contributed by atoms with E-state index in [0.29, 0.717) is 22.5 Å². The van der Waals surface area contributed by atoms with Gasteiger partial charge < -0.3 is 4.90 Å². The van der Waals surface area contributed by atoms with E-state index in [1.807, 2.05) is 11.0 Å². The van der Waals surface area contributed by atoms with Gasteiger partial charge in [0.25, 0.3) is 0 Å². The van der Waals surface area contributed by atoms with Crippen molar-refractivity contribution in [2.24, 2.45) is 0 Å². The second-order valence-corrected chi connectivity index (χ2v) is 5.87. The van der Waals surface area contributed by atoms with E-state index in [9.17, 15) is 4.79 Å². The maximum absolute atomic E-state index is 12.3. The molecule has 1 aliphatic carbocycles. The first-order valence-electron chi connectivity index (χ1n) is 6.24. The molecule has 2 nitrogen and oxygen atoms in total. The number of nitrogens with zero attached hydrogens (tertiary/aromatic N) is 1. The monoisotopic (exact) mass is 285 g/mol. The van der Waals surface area contributed by atoms with Crippen LogP contribution in [0.2, 0.25) is 10.0 Å². The molecule has 0 unspecified atom stereocenters. The zero-order valence-corrected chi connectivity index (χ0v) is 12.1. The molecule has 0 heterocycles. The average molecular weight is 286 g/mol. The molecule has 18 heavy (non-hydrogen) atoms. The van der Waals surface area contributed by atoms with Gasteiger partial charge in [-0.3, -0.25) is 4.79 Å². The molecule has 0 N–H and O–H groups in total. The van der Waals surface area contributed by atoms with Crippen LogP contribution < -0.4 is 0 Å². The fourth-order valence-electron chi connectivity index (χ4n) is 2.18. The highest BCUT2D eigenvalue weighted by molar-refractivity contribution is 6.42. The molecule has 4 heteroatoms. The second-order valence-electron chi connectivity index (χ2n) is 5.05. The number of carbonyl (C=O) groups excluding carboxylic acids is 1. The summed E-state index contributed by atoms with van der Waals surface area (Å²) in [7, 11) is 0. The maximum atomic E-state index is 12.3. The lowest BCUT2D eigenvalue weighted by Crippen LogP contribution is -2.39. The number of rotatable bonds is 4. The Balaban J connectivity index is 2.07. The quantitative estimate of drug-likeness (QED) is 0.821. The lowest BCUT2D eigenvalue weighted by atomic mass is 10.1. The number of hydrogen-bond acceptors (Lipinski definition) is 1. The third-order valence-corrected chi connectivity index (χ3v) is 3.86. The molecular formula is C14H17Cl2NO. The Morgan fingerprint density at radius 2 is 2.00 bits per heavy atom. The summed E-state index contributed by atoms with van der Waals surface area (Å²) in [6.45, 7) is 4.12. The molecule has 98 valence electrons. The van der Waals surface area contributed by atoms with Gasteiger partial charge in [0.2, 0.25) is 5.91 Å². The summed E-state index contributed by atoms with van der Waals surface area (Å²) in [5, 5.41) is 1.03. The van der Waals surface area contributed by atoms with Crippen LogP contribution in [0.15, 0.2) is 18.2 Å². The minimum absolute atomic E-state index is 0.172. The minimum atomic E-state index is 0.172. The van der Waals surface area contributed by atoms with E-state index in [-0.39, 0.29) is 11.9 Å². The van der Waals surface area contributed by atoms with Gasteiger partial charge in [0.05, 0.1) is 16.5 Å². The van der Waals surface area contributed by atoms with Crippen LogP contribution in [0.1, 0.15) is 32.3 Å². The van der Waals surface area contributed by atoms with Gasteiger partial charge in [-0.2, -0.15) is 0 Å². The SMILES string of the molecule is CC(C)N(C(=O)Cc1ccc(Cl)c(Cl)c1)C1CC1. The van der Waals surface area contributed by atoms with Gasteiger partial charge in [-0.15, -0.1) is 0 Å². The summed E-state index contributed by atoms with van der Waals surface area (Å²) in [5.74, 6) is 0.172. The van der Waals surface area contributed by atoms with Crippen LogP contribution in [-0.2, 0) is 11.2 Å². The fourth-order valence-corrected chi connectivity index (χ4v) is 2.50. The summed E-state index contributed by atoms with van der Waals surface area (Å²) >= 11 is 11.8. The van der Waals surface area contributed by atoms with Gasteiger partial charge in [-0.1, -0.05) is 29.3 Å². The van der Waals surface area contributed by atoms with E-state index < -0.39 is 0 Å². The van der Waals surface area contributed by atoms with Crippen molar-refractivity contribution in [3.05, 3.63) is 33.8 Å². The van der Waals surface area contributed by atoms with E-state index in [1.165, 1.54) is 0 Å². The fraction of sp³-hybridized carbons (Fsp3) is 0.500. The Morgan fingerprint density at radius 1 is 1.33 bits per heavy atom. The Morgan fingerprint density at radius 3 is 2.50 bits per heavy atom. The molecule has 1 aliphatic rings. The highest BCUT2D eigenvalue weighted by Gasteiger charge is 2.33. The van der Waals surface area contributed by atoms with Crippen LogP contribution >= 0.6 is 23.2 Å². The van der Waals surface area contributed by atoms with E-state index in [0.717, 1.165) is 18.4 Å². The standard InChI is InChI=1S/C14H17Cl2NO/c1-9(2)17(11-4-5-11)14(18)8-10-3-6-12(15)13(16)7-10/h3,6-7,9,11H,4-5,8H2,1-2H3. The number of carbonyl (C=O) groups is 1. The molecule has 0 atom stereocenters. The van der Waals surface area contributed by atoms with Crippen molar-refractivity contribution in [3.8, 4) is 0 Å². The topological polar surface area (TPSA) is 20.3 Å². The lowest BCUT2D eigenvalue weighted by Gasteiger charge is -2.26. The van der Waals surface area contributed by atoms with E-state index in [2.05, 4.69) is 13.8 Å². The molecule has 0 aliphatic heterocycles. The zero-order chi connectivity index (χ0) is 13.3. The number of benzene rings is 1. The number of amides is 1. The van der Waals surface area contributed by atoms with Gasteiger partial charge in [0.1, 0.15) is 0 Å². The third kappa shape index (κ3) is 3.18. The summed E-state index contributed by atoms with van der Waals surface area (Å²) in [6, 6.07) is 6.07. The molecule has 0 spiro atoms. The Bertz CT molecular complexity index is 453. The van der Waals surface area contributed by atoms with E-state index in [4.69, 9.17) is 23.2 Å². The lowest BCUT2D eigenvalue weighted by molar-refractivity contribution is -0.132. The van der Waals surface area contributed by atoms with Crippen molar-refractivity contribution in [2.45, 2.75) is 45.2 Å². The van der Waals surface area contributed by atoms with Gasteiger partial charge in [-0.05, 0) is 44.4 Å². The van der Waals surface area contributed by atoms with Crippen molar-refractivity contribution >= 4 is 29.1 Å². The predicted molar refractivity (Wildman–Crippen MR) is 75.2 cm³/mol. The van der Waals surface area contributed by atoms with Crippen LogP contribution in [0.5, 0.6) is 0 Å². The first-order valence-corrected chi connectivity index (χ1v) is 6.99. The van der Waals surface area contributed by atoms with Crippen molar-refractivity contribution in [3.63, 3.8) is 0 Å². The molecule has 0 bridgehead atoms. The smallest absolute Gasteiger partial charge is 0.227 e. The summed E-state index contributed by atoms with van der Waals surface area (Å²) in [4.78, 5) is 14.3. The van der Waals surface area contributed by atoms with Crippen molar-refractivity contribution < 1.29 is 4.79 Å². The van der Waals surface area contributed by atoms with Gasteiger partial charge >= 0.3 is 0 Å². The number of halogens is 2. The Hall–Kier alpha value is -0.730. The molecule has 1 saturated carbocycles. The van der Waals surface area contributed by atoms with E-state index in [1.54, 1.807) is 12.1 Å². The van der Waals surface area contributed by atoms with Crippen molar-refractivity contribution in [1.82, 2.24) is 4.90 Å². The van der Waals surface area contributed by atoms with Gasteiger partial charge in [-0.25, -0.2) is 0 Å². The van der Waals surface area contributed by atoms with Gasteiger partial charge in [0, 0.05) is 12.1 Å². The molecule has 0 radical (unpaired) electrons. The van der Waals surface area contributed by atoms with Crippen LogP contribution in [-0.4, -0.2) is 22.9 Å². The number of hydrogen-bond donors (Lipinski definition) is 0. The Kier molecular flexibility index (Phi) is 4.18. The molecule has 1 aromatic carbocycles. The molecular weight excluding hydrogens is 269 g/mol. The summed E-state index contributed by atoms with van der Waals surface area (Å²) in [6.07, 6.45) is 2.65. The first kappa shape index (κ1) is 13.7. The summed E-state index contributed by atoms with van der Waals surface area (Å²) in [5.41, 5.74) is 0.917.